The van der Waals surface area contributed by atoms with Crippen molar-refractivity contribution in [1.82, 2.24) is 0 Å². The number of nitro groups is 2. The number of rotatable bonds is 6. The van der Waals surface area contributed by atoms with Gasteiger partial charge in [0.05, 0.1) is 31.6 Å². The maximum Gasteiger partial charge on any atom is 0.318 e. The third-order valence-electron chi connectivity index (χ3n) is 4.29. The van der Waals surface area contributed by atoms with Gasteiger partial charge in [-0.1, -0.05) is 40.9 Å². The second kappa shape index (κ2) is 9.11. The highest BCUT2D eigenvalue weighted by molar-refractivity contribution is 6.37. The Labute approximate surface area is 187 Å². The van der Waals surface area contributed by atoms with Gasteiger partial charge in [-0.2, -0.15) is 0 Å². The fraction of sp³-hybridized carbons (Fsp3) is 0.0952. The molecule has 0 heterocycles. The molecule has 0 bridgehead atoms. The molecule has 0 fully saturated rings. The fourth-order valence-electron chi connectivity index (χ4n) is 2.80. The fourth-order valence-corrected chi connectivity index (χ4v) is 3.39. The van der Waals surface area contributed by atoms with Crippen LogP contribution in [0.15, 0.2) is 53.5 Å². The Hall–Kier alpha value is -3.49. The zero-order chi connectivity index (χ0) is 22.7. The minimum absolute atomic E-state index is 0.0102. The molecule has 8 nitrogen and oxygen atoms in total. The van der Waals surface area contributed by atoms with Crippen molar-refractivity contribution >= 4 is 46.5 Å². The van der Waals surface area contributed by atoms with Crippen LogP contribution in [0.5, 0.6) is 11.5 Å². The van der Waals surface area contributed by atoms with Gasteiger partial charge in [-0.25, -0.2) is 0 Å². The first-order valence-corrected chi connectivity index (χ1v) is 9.62. The number of non-ortho nitro benzene ring substituents is 1. The van der Waals surface area contributed by atoms with E-state index >= 15 is 0 Å². The van der Waals surface area contributed by atoms with E-state index in [1.807, 2.05) is 32.0 Å². The lowest BCUT2D eigenvalue weighted by atomic mass is 10.1. The standard InChI is InChI=1S/C21H15Cl2N3O5/c1-12-3-5-18(13(2)7-12)24-11-14-8-16(22)21(17(23)9-14)31-20-6-4-15(25(27)28)10-19(20)26(29)30/h3-11H,1-2H3. The van der Waals surface area contributed by atoms with Gasteiger partial charge in [0, 0.05) is 12.3 Å². The molecule has 3 aromatic carbocycles. The first-order valence-electron chi connectivity index (χ1n) is 8.86. The van der Waals surface area contributed by atoms with E-state index < -0.39 is 21.2 Å². The molecule has 31 heavy (non-hydrogen) atoms. The summed E-state index contributed by atoms with van der Waals surface area (Å²) in [6.07, 6.45) is 1.59. The second-order valence-electron chi connectivity index (χ2n) is 6.63. The first-order chi connectivity index (χ1) is 14.7. The Balaban J connectivity index is 1.92. The Morgan fingerprint density at radius 2 is 1.61 bits per heavy atom. The molecule has 0 spiro atoms. The Bertz CT molecular complexity index is 1200. The van der Waals surface area contributed by atoms with Gasteiger partial charge in [0.15, 0.2) is 5.75 Å². The van der Waals surface area contributed by atoms with Crippen LogP contribution in [-0.2, 0) is 0 Å². The summed E-state index contributed by atoms with van der Waals surface area (Å²) in [5.74, 6) is -0.236. The van der Waals surface area contributed by atoms with E-state index in [0.717, 1.165) is 35.0 Å². The quantitative estimate of drug-likeness (QED) is 0.224. The van der Waals surface area contributed by atoms with Crippen LogP contribution >= 0.6 is 23.2 Å². The third-order valence-corrected chi connectivity index (χ3v) is 4.85. The van der Waals surface area contributed by atoms with Gasteiger partial charge in [-0.3, -0.25) is 25.2 Å². The Morgan fingerprint density at radius 3 is 2.19 bits per heavy atom. The Morgan fingerprint density at radius 1 is 0.935 bits per heavy atom. The lowest BCUT2D eigenvalue weighted by Crippen LogP contribution is -1.97. The zero-order valence-corrected chi connectivity index (χ0v) is 17.8. The van der Waals surface area contributed by atoms with Crippen molar-refractivity contribution in [3.05, 3.63) is 95.5 Å². The number of halogens is 2. The van der Waals surface area contributed by atoms with Gasteiger partial charge >= 0.3 is 5.69 Å². The molecule has 0 atom stereocenters. The van der Waals surface area contributed by atoms with Gasteiger partial charge in [-0.05, 0) is 49.2 Å². The number of aryl methyl sites for hydroxylation is 2. The summed E-state index contributed by atoms with van der Waals surface area (Å²) in [4.78, 5) is 25.1. The maximum absolute atomic E-state index is 11.3. The number of ether oxygens (including phenoxy) is 1. The SMILES string of the molecule is Cc1ccc(N=Cc2cc(Cl)c(Oc3ccc([N+](=O)[O-])cc3[N+](=O)[O-])c(Cl)c2)c(C)c1. The number of hydrogen-bond donors (Lipinski definition) is 0. The maximum atomic E-state index is 11.3. The van der Waals surface area contributed by atoms with Crippen LogP contribution in [-0.4, -0.2) is 16.1 Å². The Kier molecular flexibility index (Phi) is 6.53. The van der Waals surface area contributed by atoms with Crippen molar-refractivity contribution in [1.29, 1.82) is 0 Å². The number of hydrogen-bond acceptors (Lipinski definition) is 6. The van der Waals surface area contributed by atoms with Gasteiger partial charge < -0.3 is 4.74 Å². The van der Waals surface area contributed by atoms with Crippen molar-refractivity contribution in [2.45, 2.75) is 13.8 Å². The molecule has 3 aromatic rings. The van der Waals surface area contributed by atoms with E-state index in [-0.39, 0.29) is 21.5 Å². The van der Waals surface area contributed by atoms with Crippen LogP contribution in [0.2, 0.25) is 10.0 Å². The van der Waals surface area contributed by atoms with Gasteiger partial charge in [0.25, 0.3) is 5.69 Å². The lowest BCUT2D eigenvalue weighted by Gasteiger charge is -2.11. The lowest BCUT2D eigenvalue weighted by molar-refractivity contribution is -0.394. The summed E-state index contributed by atoms with van der Waals surface area (Å²) in [7, 11) is 0. The van der Waals surface area contributed by atoms with Crippen molar-refractivity contribution in [2.24, 2.45) is 4.99 Å². The molecule has 0 saturated carbocycles. The van der Waals surface area contributed by atoms with Crippen molar-refractivity contribution in [3.63, 3.8) is 0 Å². The van der Waals surface area contributed by atoms with Gasteiger partial charge in [0.2, 0.25) is 5.75 Å². The molecule has 0 amide bonds. The summed E-state index contributed by atoms with van der Waals surface area (Å²) < 4.78 is 5.54. The number of aliphatic imine (C=N–C) groups is 1. The highest BCUT2D eigenvalue weighted by Gasteiger charge is 2.23. The summed E-state index contributed by atoms with van der Waals surface area (Å²) in [6, 6.07) is 12.0. The summed E-state index contributed by atoms with van der Waals surface area (Å²) in [5.41, 5.74) is 2.51. The summed E-state index contributed by atoms with van der Waals surface area (Å²) in [6.45, 7) is 3.95. The minimum atomic E-state index is -0.783. The molecule has 10 heteroatoms. The van der Waals surface area contributed by atoms with Crippen molar-refractivity contribution < 1.29 is 14.6 Å². The monoisotopic (exact) mass is 459 g/mol. The third kappa shape index (κ3) is 5.17. The molecule has 0 unspecified atom stereocenters. The summed E-state index contributed by atoms with van der Waals surface area (Å²) in [5, 5.41) is 22.4. The van der Waals surface area contributed by atoms with Crippen molar-refractivity contribution in [2.75, 3.05) is 0 Å². The van der Waals surface area contributed by atoms with Crippen LogP contribution in [0.4, 0.5) is 17.1 Å². The smallest absolute Gasteiger partial charge is 0.318 e. The molecule has 158 valence electrons. The first kappa shape index (κ1) is 22.2. The molecule has 0 aliphatic carbocycles. The number of nitro benzene ring substituents is 2. The van der Waals surface area contributed by atoms with Crippen LogP contribution < -0.4 is 4.74 Å². The van der Waals surface area contributed by atoms with Gasteiger partial charge in [-0.15, -0.1) is 0 Å². The highest BCUT2D eigenvalue weighted by Crippen LogP contribution is 2.41. The highest BCUT2D eigenvalue weighted by atomic mass is 35.5. The number of benzene rings is 3. The van der Waals surface area contributed by atoms with E-state index in [4.69, 9.17) is 27.9 Å². The number of nitrogens with zero attached hydrogens (tertiary/aromatic N) is 3. The van der Waals surface area contributed by atoms with E-state index in [1.165, 1.54) is 0 Å². The zero-order valence-electron chi connectivity index (χ0n) is 16.3. The second-order valence-corrected chi connectivity index (χ2v) is 7.44. The van der Waals surface area contributed by atoms with Crippen LogP contribution in [0.1, 0.15) is 16.7 Å². The summed E-state index contributed by atoms with van der Waals surface area (Å²) >= 11 is 12.6. The van der Waals surface area contributed by atoms with Crippen molar-refractivity contribution in [3.8, 4) is 11.5 Å². The van der Waals surface area contributed by atoms with E-state index in [2.05, 4.69) is 4.99 Å². The normalized spacial score (nSPS) is 11.0. The van der Waals surface area contributed by atoms with Gasteiger partial charge in [0.1, 0.15) is 0 Å². The molecule has 0 saturated heterocycles. The topological polar surface area (TPSA) is 108 Å². The van der Waals surface area contributed by atoms with Crippen LogP contribution in [0, 0.1) is 34.1 Å². The van der Waals surface area contributed by atoms with E-state index in [1.54, 1.807) is 18.3 Å². The molecule has 3 rings (SSSR count). The van der Waals surface area contributed by atoms with Crippen LogP contribution in [0.3, 0.4) is 0 Å². The van der Waals surface area contributed by atoms with Crippen LogP contribution in [0.25, 0.3) is 0 Å². The van der Waals surface area contributed by atoms with E-state index in [0.29, 0.717) is 5.56 Å². The molecular weight excluding hydrogens is 445 g/mol. The molecule has 0 aliphatic heterocycles. The largest absolute Gasteiger partial charge is 0.447 e. The molecular formula is C21H15Cl2N3O5. The molecule has 0 N–H and O–H groups in total. The predicted molar refractivity (Wildman–Crippen MR) is 119 cm³/mol. The molecule has 0 aromatic heterocycles. The average molecular weight is 460 g/mol. The predicted octanol–water partition coefficient (Wildman–Crippen LogP) is 6.97. The average Bonchev–Trinajstić information content (AvgIpc) is 2.69. The van der Waals surface area contributed by atoms with E-state index in [9.17, 15) is 20.2 Å². The molecule has 0 radical (unpaired) electrons. The minimum Gasteiger partial charge on any atom is -0.447 e. The molecule has 0 aliphatic rings.